The lowest BCUT2D eigenvalue weighted by Gasteiger charge is -2.40. The van der Waals surface area contributed by atoms with Crippen LogP contribution in [-0.4, -0.2) is 43.3 Å². The van der Waals surface area contributed by atoms with Crippen molar-refractivity contribution in [1.82, 2.24) is 4.90 Å². The second-order valence-corrected chi connectivity index (χ2v) is 9.93. The van der Waals surface area contributed by atoms with Crippen LogP contribution in [0.1, 0.15) is 36.8 Å². The predicted molar refractivity (Wildman–Crippen MR) is 123 cm³/mol. The average molecular weight is 449 g/mol. The third-order valence-electron chi connectivity index (χ3n) is 7.59. The summed E-state index contributed by atoms with van der Waals surface area (Å²) >= 11 is 0. The number of hydrogen-bond acceptors (Lipinski definition) is 4. The first-order valence-electron chi connectivity index (χ1n) is 12.0. The molecule has 3 heterocycles. The van der Waals surface area contributed by atoms with E-state index >= 15 is 0 Å². The molecular weight excluding hydrogens is 419 g/mol. The molecule has 2 aromatic carbocycles. The summed E-state index contributed by atoms with van der Waals surface area (Å²) in [5.41, 5.74) is 2.65. The molecule has 0 radical (unpaired) electrons. The standard InChI is InChI=1S/C27H29FN2O3/c28-21-8-9-23-22(15-21)27(10-12-29(13-11-27)16-20-6-7-20)18-30(23)26(31)24-17-32-25(33-24)14-19-4-2-1-3-5-19/h1-5,8-9,15,17,20,25H,6-7,10-14,16,18H2. The molecule has 172 valence electrons. The van der Waals surface area contributed by atoms with Crippen molar-refractivity contribution in [3.05, 3.63) is 77.5 Å². The summed E-state index contributed by atoms with van der Waals surface area (Å²) in [6.07, 6.45) is 6.06. The van der Waals surface area contributed by atoms with Gasteiger partial charge in [0.25, 0.3) is 5.91 Å². The molecule has 0 aromatic heterocycles. The maximum atomic E-state index is 14.3. The van der Waals surface area contributed by atoms with Crippen molar-refractivity contribution < 1.29 is 18.7 Å². The van der Waals surface area contributed by atoms with Gasteiger partial charge in [-0.3, -0.25) is 4.79 Å². The van der Waals surface area contributed by atoms with Gasteiger partial charge < -0.3 is 19.3 Å². The van der Waals surface area contributed by atoms with Gasteiger partial charge >= 0.3 is 0 Å². The third kappa shape index (κ3) is 4.01. The number of likely N-dealkylation sites (tertiary alicyclic amines) is 1. The van der Waals surface area contributed by atoms with Crippen molar-refractivity contribution in [2.45, 2.75) is 43.8 Å². The number of piperidine rings is 1. The van der Waals surface area contributed by atoms with Crippen molar-refractivity contribution in [1.29, 1.82) is 0 Å². The Morgan fingerprint density at radius 3 is 2.64 bits per heavy atom. The van der Waals surface area contributed by atoms with Crippen molar-refractivity contribution in [3.8, 4) is 0 Å². The van der Waals surface area contributed by atoms with Crippen molar-refractivity contribution in [2.24, 2.45) is 5.92 Å². The van der Waals surface area contributed by atoms with Crippen molar-refractivity contribution in [3.63, 3.8) is 0 Å². The summed E-state index contributed by atoms with van der Waals surface area (Å²) in [4.78, 5) is 17.8. The minimum atomic E-state index is -0.513. The van der Waals surface area contributed by atoms with Crippen LogP contribution in [-0.2, 0) is 26.1 Å². The Labute approximate surface area is 193 Å². The fourth-order valence-corrected chi connectivity index (χ4v) is 5.54. The number of rotatable bonds is 5. The maximum Gasteiger partial charge on any atom is 0.296 e. The highest BCUT2D eigenvalue weighted by molar-refractivity contribution is 6.06. The van der Waals surface area contributed by atoms with E-state index in [1.807, 2.05) is 30.3 Å². The number of carbonyl (C=O) groups excluding carboxylic acids is 1. The molecule has 5 nitrogen and oxygen atoms in total. The Bertz CT molecular complexity index is 1070. The SMILES string of the molecule is O=C(C1=COC(Cc2ccccc2)O1)N1CC2(CCN(CC3CC3)CC2)c2cc(F)ccc21. The summed E-state index contributed by atoms with van der Waals surface area (Å²) < 4.78 is 25.8. The zero-order valence-corrected chi connectivity index (χ0v) is 18.7. The number of fused-ring (bicyclic) bond motifs is 2. The van der Waals surface area contributed by atoms with E-state index in [2.05, 4.69) is 4.90 Å². The summed E-state index contributed by atoms with van der Waals surface area (Å²) in [7, 11) is 0. The van der Waals surface area contributed by atoms with Crippen LogP contribution >= 0.6 is 0 Å². The first kappa shape index (κ1) is 20.7. The number of benzene rings is 2. The summed E-state index contributed by atoms with van der Waals surface area (Å²) in [6, 6.07) is 14.8. The van der Waals surface area contributed by atoms with Crippen LogP contribution in [0.15, 0.2) is 60.6 Å². The topological polar surface area (TPSA) is 42.0 Å². The number of amides is 1. The molecule has 1 unspecified atom stereocenters. The smallest absolute Gasteiger partial charge is 0.296 e. The molecule has 2 aromatic rings. The monoisotopic (exact) mass is 448 g/mol. The number of nitrogens with zero attached hydrogens (tertiary/aromatic N) is 2. The lowest BCUT2D eigenvalue weighted by Crippen LogP contribution is -2.46. The molecule has 2 fully saturated rings. The average Bonchev–Trinajstić information content (AvgIpc) is 3.44. The van der Waals surface area contributed by atoms with Crippen LogP contribution < -0.4 is 4.90 Å². The molecule has 1 saturated heterocycles. The Hall–Kier alpha value is -2.86. The zero-order chi connectivity index (χ0) is 22.4. The van der Waals surface area contributed by atoms with Gasteiger partial charge in [-0.1, -0.05) is 30.3 Å². The van der Waals surface area contributed by atoms with Crippen molar-refractivity contribution in [2.75, 3.05) is 31.1 Å². The molecule has 0 bridgehead atoms. The van der Waals surface area contributed by atoms with E-state index in [1.54, 1.807) is 17.0 Å². The number of ether oxygens (including phenoxy) is 2. The molecule has 0 N–H and O–H groups in total. The van der Waals surface area contributed by atoms with Gasteiger partial charge in [-0.05, 0) is 74.0 Å². The normalized spacial score (nSPS) is 23.7. The van der Waals surface area contributed by atoms with Crippen LogP contribution in [0.4, 0.5) is 10.1 Å². The number of carbonyl (C=O) groups is 1. The summed E-state index contributed by atoms with van der Waals surface area (Å²) in [5, 5.41) is 0. The van der Waals surface area contributed by atoms with E-state index in [1.165, 1.54) is 31.7 Å². The molecule has 4 aliphatic rings. The minimum Gasteiger partial charge on any atom is -0.458 e. The van der Waals surface area contributed by atoms with Gasteiger partial charge in [-0.25, -0.2) is 4.39 Å². The maximum absolute atomic E-state index is 14.3. The largest absolute Gasteiger partial charge is 0.458 e. The Morgan fingerprint density at radius 2 is 1.88 bits per heavy atom. The highest BCUT2D eigenvalue weighted by Crippen LogP contribution is 2.48. The van der Waals surface area contributed by atoms with Crippen LogP contribution in [0, 0.1) is 11.7 Å². The molecule has 1 amide bonds. The number of anilines is 1. The lowest BCUT2D eigenvalue weighted by atomic mass is 9.74. The molecule has 3 aliphatic heterocycles. The highest BCUT2D eigenvalue weighted by atomic mass is 19.1. The Kier molecular flexibility index (Phi) is 5.13. The van der Waals surface area contributed by atoms with Gasteiger partial charge in [0.15, 0.2) is 0 Å². The molecule has 6 rings (SSSR count). The van der Waals surface area contributed by atoms with E-state index in [0.717, 1.165) is 48.7 Å². The number of halogens is 1. The second kappa shape index (κ2) is 8.17. The third-order valence-corrected chi connectivity index (χ3v) is 7.59. The van der Waals surface area contributed by atoms with E-state index in [4.69, 9.17) is 9.47 Å². The Balaban J connectivity index is 1.18. The van der Waals surface area contributed by atoms with Gasteiger partial charge in [0.2, 0.25) is 12.0 Å². The van der Waals surface area contributed by atoms with E-state index < -0.39 is 6.29 Å². The second-order valence-electron chi connectivity index (χ2n) is 9.93. The predicted octanol–water partition coefficient (Wildman–Crippen LogP) is 4.37. The molecule has 1 spiro atoms. The first-order valence-corrected chi connectivity index (χ1v) is 12.0. The van der Waals surface area contributed by atoms with Crippen LogP contribution in [0.3, 0.4) is 0 Å². The van der Waals surface area contributed by atoms with Gasteiger partial charge in [0.1, 0.15) is 12.1 Å². The van der Waals surface area contributed by atoms with Crippen molar-refractivity contribution >= 4 is 11.6 Å². The van der Waals surface area contributed by atoms with Crippen LogP contribution in [0.25, 0.3) is 0 Å². The van der Waals surface area contributed by atoms with Crippen LogP contribution in [0.5, 0.6) is 0 Å². The van der Waals surface area contributed by atoms with E-state index in [-0.39, 0.29) is 22.9 Å². The van der Waals surface area contributed by atoms with E-state index in [0.29, 0.717) is 13.0 Å². The fourth-order valence-electron chi connectivity index (χ4n) is 5.54. The molecule has 1 saturated carbocycles. The molecule has 6 heteroatoms. The zero-order valence-electron chi connectivity index (χ0n) is 18.7. The first-order chi connectivity index (χ1) is 16.1. The lowest BCUT2D eigenvalue weighted by molar-refractivity contribution is -0.121. The van der Waals surface area contributed by atoms with Gasteiger partial charge in [0.05, 0.1) is 0 Å². The van der Waals surface area contributed by atoms with Crippen LogP contribution in [0.2, 0.25) is 0 Å². The molecule has 33 heavy (non-hydrogen) atoms. The fraction of sp³-hybridized carbons (Fsp3) is 0.444. The van der Waals surface area contributed by atoms with Gasteiger partial charge in [0, 0.05) is 30.6 Å². The summed E-state index contributed by atoms with van der Waals surface area (Å²) in [6.45, 7) is 3.73. The van der Waals surface area contributed by atoms with Gasteiger partial charge in [-0.15, -0.1) is 0 Å². The number of hydrogen-bond donors (Lipinski definition) is 0. The molecule has 1 atom stereocenters. The van der Waals surface area contributed by atoms with Gasteiger partial charge in [-0.2, -0.15) is 0 Å². The minimum absolute atomic E-state index is 0.198. The highest BCUT2D eigenvalue weighted by Gasteiger charge is 2.48. The molecule has 1 aliphatic carbocycles. The molecular formula is C27H29FN2O3. The van der Waals surface area contributed by atoms with E-state index in [9.17, 15) is 9.18 Å². The summed E-state index contributed by atoms with van der Waals surface area (Å²) in [5.74, 6) is 0.622. The quantitative estimate of drug-likeness (QED) is 0.681. The Morgan fingerprint density at radius 1 is 1.09 bits per heavy atom.